The molecule has 2 aromatic heterocycles. The van der Waals surface area contributed by atoms with Gasteiger partial charge in [0, 0.05) is 35.5 Å². The Labute approximate surface area is 131 Å². The first-order valence-electron chi connectivity index (χ1n) is 6.92. The Hall–Kier alpha value is -1.99. The van der Waals surface area contributed by atoms with E-state index in [1.807, 2.05) is 0 Å². The molecule has 3 heterocycles. The van der Waals surface area contributed by atoms with E-state index in [1.165, 1.54) is 11.3 Å². The summed E-state index contributed by atoms with van der Waals surface area (Å²) in [7, 11) is 0. The van der Waals surface area contributed by atoms with Gasteiger partial charge in [0.25, 0.3) is 0 Å². The molecule has 0 aliphatic carbocycles. The molecule has 0 unspecified atom stereocenters. The van der Waals surface area contributed by atoms with Crippen LogP contribution in [0.3, 0.4) is 0 Å². The zero-order valence-electron chi connectivity index (χ0n) is 11.6. The molecule has 21 heavy (non-hydrogen) atoms. The number of thiazole rings is 1. The molecule has 0 amide bonds. The quantitative estimate of drug-likeness (QED) is 0.842. The van der Waals surface area contributed by atoms with Crippen LogP contribution in [0.5, 0.6) is 0 Å². The van der Waals surface area contributed by atoms with Gasteiger partial charge < -0.3 is 16.0 Å². The van der Waals surface area contributed by atoms with Crippen LogP contribution in [0.1, 0.15) is 26.8 Å². The molecule has 0 saturated carbocycles. The molecular formula is C14H23N5OS. The molecule has 0 atom stereocenters. The summed E-state index contributed by atoms with van der Waals surface area (Å²) in [5.74, 6) is 0.0760. The number of nitrogens with zero attached hydrogens (tertiary/aromatic N) is 3. The lowest BCUT2D eigenvalue weighted by molar-refractivity contribution is 0.103. The predicted molar refractivity (Wildman–Crippen MR) is 90.2 cm³/mol. The molecule has 1 aliphatic heterocycles. The maximum absolute atomic E-state index is 12.4. The number of aromatic nitrogens is 2. The van der Waals surface area contributed by atoms with Crippen LogP contribution >= 0.6 is 11.3 Å². The number of pyridine rings is 1. The van der Waals surface area contributed by atoms with Gasteiger partial charge in [0.05, 0.1) is 5.56 Å². The Bertz CT molecular complexity index is 647. The fourth-order valence-corrected chi connectivity index (χ4v) is 3.16. The number of nitrogen functional groups attached to an aromatic ring is 1. The minimum atomic E-state index is -0.170. The van der Waals surface area contributed by atoms with Crippen molar-refractivity contribution < 1.29 is 9.07 Å². The van der Waals surface area contributed by atoms with E-state index in [9.17, 15) is 4.79 Å². The highest BCUT2D eigenvalue weighted by Crippen LogP contribution is 2.23. The Morgan fingerprint density at radius 1 is 1.43 bits per heavy atom. The minimum Gasteiger partial charge on any atom is -0.383 e. The number of carbonyl (C=O) groups is 1. The van der Waals surface area contributed by atoms with Gasteiger partial charge in [-0.3, -0.25) is 4.79 Å². The third-order valence-corrected chi connectivity index (χ3v) is 4.32. The van der Waals surface area contributed by atoms with E-state index < -0.39 is 0 Å². The van der Waals surface area contributed by atoms with E-state index >= 15 is 0 Å². The van der Waals surface area contributed by atoms with Gasteiger partial charge in [-0.1, -0.05) is 0 Å². The zero-order chi connectivity index (χ0) is 14.7. The van der Waals surface area contributed by atoms with Crippen molar-refractivity contribution >= 4 is 28.1 Å². The summed E-state index contributed by atoms with van der Waals surface area (Å²) in [6.45, 7) is 3.84. The number of nitrogens with two attached hydrogens (primary N) is 1. The third-order valence-electron chi connectivity index (χ3n) is 3.42. The number of hydrogen-bond acceptors (Lipinski definition) is 7. The number of anilines is 2. The molecule has 0 aromatic carbocycles. The molecule has 6 nitrogen and oxygen atoms in total. The van der Waals surface area contributed by atoms with Crippen LogP contribution in [-0.2, 0) is 0 Å². The van der Waals surface area contributed by atoms with E-state index in [4.69, 9.17) is 5.73 Å². The van der Waals surface area contributed by atoms with E-state index in [1.54, 1.807) is 23.7 Å². The zero-order valence-corrected chi connectivity index (χ0v) is 12.4. The van der Waals surface area contributed by atoms with Gasteiger partial charge >= 0.3 is 0 Å². The summed E-state index contributed by atoms with van der Waals surface area (Å²) in [5, 5.41) is 6.04. The largest absolute Gasteiger partial charge is 0.383 e. The van der Waals surface area contributed by atoms with Crippen LogP contribution in [0, 0.1) is 0 Å². The van der Waals surface area contributed by atoms with Gasteiger partial charge in [0.1, 0.15) is 11.5 Å². The van der Waals surface area contributed by atoms with E-state index in [2.05, 4.69) is 20.2 Å². The molecular weight excluding hydrogens is 286 g/mol. The third kappa shape index (κ3) is 3.03. The molecule has 0 radical (unpaired) electrons. The maximum atomic E-state index is 12.4. The molecule has 116 valence electrons. The lowest BCUT2D eigenvalue weighted by Gasteiger charge is -2.18. The highest BCUT2D eigenvalue weighted by molar-refractivity contribution is 7.14. The molecule has 0 bridgehead atoms. The van der Waals surface area contributed by atoms with Gasteiger partial charge in [-0.15, -0.1) is 11.3 Å². The minimum absolute atomic E-state index is 0. The van der Waals surface area contributed by atoms with E-state index in [0.29, 0.717) is 11.3 Å². The number of nitrogens with one attached hydrogen (secondary N) is 1. The van der Waals surface area contributed by atoms with Crippen molar-refractivity contribution in [3.8, 4) is 0 Å². The van der Waals surface area contributed by atoms with Crippen LogP contribution in [-0.4, -0.2) is 41.9 Å². The number of rotatable bonds is 3. The van der Waals surface area contributed by atoms with Crippen molar-refractivity contribution in [1.29, 1.82) is 0 Å². The van der Waals surface area contributed by atoms with Crippen molar-refractivity contribution in [2.75, 3.05) is 36.8 Å². The number of ketones is 1. The van der Waals surface area contributed by atoms with Crippen molar-refractivity contribution in [3.63, 3.8) is 0 Å². The second-order valence-electron chi connectivity index (χ2n) is 4.87. The van der Waals surface area contributed by atoms with E-state index in [-0.39, 0.29) is 15.9 Å². The molecule has 3 rings (SSSR count). The molecule has 1 aliphatic rings. The molecule has 1 fully saturated rings. The number of hydrogen-bond donors (Lipinski definition) is 2. The summed E-state index contributed by atoms with van der Waals surface area (Å²) in [5.41, 5.74) is 6.60. The maximum Gasteiger partial charge on any atom is 0.215 e. The van der Waals surface area contributed by atoms with Crippen molar-refractivity contribution in [3.05, 3.63) is 35.0 Å². The number of carbonyl (C=O) groups excluding carboxylic acids is 1. The smallest absolute Gasteiger partial charge is 0.215 e. The Morgan fingerprint density at radius 3 is 3.19 bits per heavy atom. The lowest BCUT2D eigenvalue weighted by Crippen LogP contribution is -2.27. The first-order valence-corrected chi connectivity index (χ1v) is 7.80. The van der Waals surface area contributed by atoms with Crippen molar-refractivity contribution in [2.24, 2.45) is 0 Å². The van der Waals surface area contributed by atoms with Crippen LogP contribution in [0.2, 0.25) is 0 Å². The molecule has 0 spiro atoms. The summed E-state index contributed by atoms with van der Waals surface area (Å²) >= 11 is 1.50. The van der Waals surface area contributed by atoms with Gasteiger partial charge in [0.2, 0.25) is 5.78 Å². The van der Waals surface area contributed by atoms with Crippen LogP contribution in [0.15, 0.2) is 23.7 Å². The standard InChI is InChI=1S/C14H17N5OS.3H2/c15-13-10(3-1-5-17-13)12(20)11-9-21-14(18-11)19-7-2-4-16-6-8-19;;;/h1,3,5,9,16H,2,4,6-8H2,(H2,15,17);3*1H. The second kappa shape index (κ2) is 6.19. The second-order valence-corrected chi connectivity index (χ2v) is 5.71. The van der Waals surface area contributed by atoms with Gasteiger partial charge in [0.15, 0.2) is 5.13 Å². The predicted octanol–water partition coefficient (Wildman–Crippen LogP) is 1.89. The van der Waals surface area contributed by atoms with Crippen LogP contribution in [0.25, 0.3) is 0 Å². The molecule has 2 aromatic rings. The lowest BCUT2D eigenvalue weighted by atomic mass is 10.1. The highest BCUT2D eigenvalue weighted by Gasteiger charge is 2.19. The molecule has 1 saturated heterocycles. The van der Waals surface area contributed by atoms with Gasteiger partial charge in [-0.2, -0.15) is 0 Å². The summed E-state index contributed by atoms with van der Waals surface area (Å²) in [6.07, 6.45) is 2.65. The topological polar surface area (TPSA) is 84.1 Å². The fraction of sp³-hybridized carbons (Fsp3) is 0.357. The SMILES string of the molecule is Nc1ncccc1C(=O)c1csc(N2CCCNCC2)n1.[HH].[HH].[HH]. The monoisotopic (exact) mass is 309 g/mol. The van der Waals surface area contributed by atoms with Gasteiger partial charge in [-0.05, 0) is 25.1 Å². The first-order chi connectivity index (χ1) is 10.3. The van der Waals surface area contributed by atoms with Gasteiger partial charge in [-0.25, -0.2) is 9.97 Å². The van der Waals surface area contributed by atoms with Crippen molar-refractivity contribution in [1.82, 2.24) is 15.3 Å². The summed E-state index contributed by atoms with van der Waals surface area (Å²) in [4.78, 5) is 23.1. The summed E-state index contributed by atoms with van der Waals surface area (Å²) in [6, 6.07) is 3.39. The Balaban J connectivity index is 0.00000176. The molecule has 3 N–H and O–H groups in total. The average molecular weight is 309 g/mol. The van der Waals surface area contributed by atoms with Crippen molar-refractivity contribution in [2.45, 2.75) is 6.42 Å². The fourth-order valence-electron chi connectivity index (χ4n) is 2.30. The first kappa shape index (κ1) is 14.0. The summed E-state index contributed by atoms with van der Waals surface area (Å²) < 4.78 is 0. The average Bonchev–Trinajstić information content (AvgIpc) is 2.83. The van der Waals surface area contributed by atoms with E-state index in [0.717, 1.165) is 37.7 Å². The molecule has 7 heteroatoms. The highest BCUT2D eigenvalue weighted by atomic mass is 32.1. The Kier molecular flexibility index (Phi) is 4.12. The van der Waals surface area contributed by atoms with Crippen LogP contribution in [0.4, 0.5) is 10.9 Å². The van der Waals surface area contributed by atoms with Crippen LogP contribution < -0.4 is 16.0 Å². The normalized spacial score (nSPS) is 15.7. The Morgan fingerprint density at radius 2 is 2.33 bits per heavy atom.